The minimum atomic E-state index is -0.967. The molecule has 2 heterocycles. The lowest BCUT2D eigenvalue weighted by molar-refractivity contribution is -0.00448. The molecule has 0 radical (unpaired) electrons. The van der Waals surface area contributed by atoms with Crippen molar-refractivity contribution in [3.8, 4) is 17.2 Å². The number of benzene rings is 3. The molecule has 33 heavy (non-hydrogen) atoms. The molecule has 0 aromatic heterocycles. The topological polar surface area (TPSA) is 60.4 Å². The molecule has 168 valence electrons. The van der Waals surface area contributed by atoms with E-state index in [1.54, 1.807) is 49.6 Å². The van der Waals surface area contributed by atoms with E-state index in [1.165, 1.54) is 0 Å². The van der Waals surface area contributed by atoms with Gasteiger partial charge in [-0.15, -0.1) is 0 Å². The lowest BCUT2D eigenvalue weighted by Gasteiger charge is -2.37. The number of ether oxygens (including phenoxy) is 3. The quantitative estimate of drug-likeness (QED) is 0.432. The van der Waals surface area contributed by atoms with Gasteiger partial charge < -0.3 is 14.2 Å². The summed E-state index contributed by atoms with van der Waals surface area (Å²) in [6.45, 7) is 0. The molecule has 0 saturated carbocycles. The van der Waals surface area contributed by atoms with E-state index in [2.05, 4.69) is 0 Å². The average Bonchev–Trinajstić information content (AvgIpc) is 3.29. The third-order valence-electron chi connectivity index (χ3n) is 5.83. The van der Waals surface area contributed by atoms with Crippen LogP contribution < -0.4 is 14.2 Å². The number of Topliss-reactive ketones (excluding diaryl/α,β-unsaturated/α-hetero) is 1. The van der Waals surface area contributed by atoms with Crippen molar-refractivity contribution in [2.75, 3.05) is 14.2 Å². The van der Waals surface area contributed by atoms with Gasteiger partial charge >= 0.3 is 0 Å². The number of hydrogen-bond donors (Lipinski definition) is 0. The fourth-order valence-corrected chi connectivity index (χ4v) is 4.70. The molecule has 0 bridgehead atoms. The summed E-state index contributed by atoms with van der Waals surface area (Å²) >= 11 is 12.8. The maximum absolute atomic E-state index is 13.5. The van der Waals surface area contributed by atoms with Crippen LogP contribution in [0.5, 0.6) is 17.2 Å². The van der Waals surface area contributed by atoms with Gasteiger partial charge in [-0.2, -0.15) is 5.10 Å². The first-order valence-electron chi connectivity index (χ1n) is 10.3. The molecule has 8 heteroatoms. The van der Waals surface area contributed by atoms with E-state index in [4.69, 9.17) is 42.5 Å². The van der Waals surface area contributed by atoms with Gasteiger partial charge in [0.05, 0.1) is 31.0 Å². The van der Waals surface area contributed by atoms with Crippen molar-refractivity contribution < 1.29 is 19.0 Å². The highest BCUT2D eigenvalue weighted by Crippen LogP contribution is 2.47. The van der Waals surface area contributed by atoms with Crippen LogP contribution in [0.3, 0.4) is 0 Å². The van der Waals surface area contributed by atoms with Gasteiger partial charge in [-0.25, -0.2) is 5.01 Å². The molecule has 6 nitrogen and oxygen atoms in total. The summed E-state index contributed by atoms with van der Waals surface area (Å²) in [7, 11) is 3.20. The van der Waals surface area contributed by atoms with Gasteiger partial charge in [0, 0.05) is 22.6 Å². The predicted octanol–water partition coefficient (Wildman–Crippen LogP) is 5.76. The van der Waals surface area contributed by atoms with Crippen molar-refractivity contribution in [1.82, 2.24) is 5.01 Å². The molecule has 0 aliphatic carbocycles. The number of nitrogens with zero attached hydrogens (tertiary/aromatic N) is 2. The van der Waals surface area contributed by atoms with Crippen molar-refractivity contribution in [3.63, 3.8) is 0 Å². The number of halogens is 2. The molecule has 0 N–H and O–H groups in total. The first-order chi connectivity index (χ1) is 16.0. The van der Waals surface area contributed by atoms with Crippen molar-refractivity contribution in [2.24, 2.45) is 5.10 Å². The lowest BCUT2D eigenvalue weighted by Crippen LogP contribution is -2.46. The maximum Gasteiger partial charge on any atom is 0.251 e. The first kappa shape index (κ1) is 21.6. The van der Waals surface area contributed by atoms with Gasteiger partial charge in [-0.3, -0.25) is 4.79 Å². The standard InChI is InChI=1S/C25H20Cl2N2O4/c1-31-17-7-3-14(4-8-17)21-13-22-19-11-16(26)12-20(27)24(19)33-25(29(22)28-21)23(30)15-5-9-18(32-2)10-6-15/h3-12,22,25H,13H2,1-2H3. The highest BCUT2D eigenvalue weighted by atomic mass is 35.5. The number of hydrogen-bond acceptors (Lipinski definition) is 6. The predicted molar refractivity (Wildman–Crippen MR) is 127 cm³/mol. The second kappa shape index (κ2) is 8.61. The fraction of sp³-hybridized carbons (Fsp3) is 0.200. The molecule has 0 fully saturated rings. The highest BCUT2D eigenvalue weighted by molar-refractivity contribution is 6.35. The van der Waals surface area contributed by atoms with Crippen LogP contribution in [0.2, 0.25) is 10.0 Å². The summed E-state index contributed by atoms with van der Waals surface area (Å²) in [5.41, 5.74) is 3.07. The van der Waals surface area contributed by atoms with Crippen molar-refractivity contribution in [1.29, 1.82) is 0 Å². The Morgan fingerprint density at radius 2 is 1.64 bits per heavy atom. The number of hydrazone groups is 1. The van der Waals surface area contributed by atoms with E-state index in [1.807, 2.05) is 30.3 Å². The van der Waals surface area contributed by atoms with Gasteiger partial charge in [0.1, 0.15) is 17.2 Å². The Morgan fingerprint density at radius 3 is 2.27 bits per heavy atom. The van der Waals surface area contributed by atoms with Crippen molar-refractivity contribution in [2.45, 2.75) is 18.7 Å². The number of fused-ring (bicyclic) bond motifs is 3. The van der Waals surface area contributed by atoms with Gasteiger partial charge in [0.25, 0.3) is 6.23 Å². The lowest BCUT2D eigenvalue weighted by atomic mass is 9.95. The van der Waals surface area contributed by atoms with E-state index in [-0.39, 0.29) is 11.8 Å². The molecule has 2 aliphatic heterocycles. The van der Waals surface area contributed by atoms with Crippen LogP contribution in [0.1, 0.15) is 33.9 Å². The third-order valence-corrected chi connectivity index (χ3v) is 6.33. The summed E-state index contributed by atoms with van der Waals surface area (Å²) in [6, 6.07) is 17.8. The zero-order chi connectivity index (χ0) is 23.1. The summed E-state index contributed by atoms with van der Waals surface area (Å²) in [5.74, 6) is 1.66. The van der Waals surface area contributed by atoms with Crippen LogP contribution in [0, 0.1) is 0 Å². The number of carbonyl (C=O) groups excluding carboxylic acids is 1. The van der Waals surface area contributed by atoms with Crippen LogP contribution in [0.15, 0.2) is 65.8 Å². The number of carbonyl (C=O) groups is 1. The molecule has 5 rings (SSSR count). The van der Waals surface area contributed by atoms with Crippen molar-refractivity contribution in [3.05, 3.63) is 87.4 Å². The van der Waals surface area contributed by atoms with E-state index in [0.717, 1.165) is 22.6 Å². The number of methoxy groups -OCH3 is 2. The Bertz CT molecular complexity index is 1240. The minimum absolute atomic E-state index is 0.223. The summed E-state index contributed by atoms with van der Waals surface area (Å²) in [5, 5.41) is 7.38. The van der Waals surface area contributed by atoms with Crippen LogP contribution >= 0.6 is 23.2 Å². The minimum Gasteiger partial charge on any atom is -0.497 e. The second-order valence-corrected chi connectivity index (χ2v) is 8.59. The van der Waals surface area contributed by atoms with Gasteiger partial charge in [-0.05, 0) is 66.2 Å². The molecular weight excluding hydrogens is 463 g/mol. The Balaban J connectivity index is 1.56. The van der Waals surface area contributed by atoms with E-state index in [0.29, 0.717) is 33.5 Å². The zero-order valence-electron chi connectivity index (χ0n) is 17.9. The van der Waals surface area contributed by atoms with Crippen LogP contribution in [-0.2, 0) is 0 Å². The van der Waals surface area contributed by atoms with Gasteiger partial charge in [-0.1, -0.05) is 23.2 Å². The van der Waals surface area contributed by atoms with Gasteiger partial charge in [0.15, 0.2) is 0 Å². The molecule has 0 amide bonds. The molecule has 0 spiro atoms. The molecular formula is C25H20Cl2N2O4. The largest absolute Gasteiger partial charge is 0.497 e. The monoisotopic (exact) mass is 482 g/mol. The third kappa shape index (κ3) is 3.90. The number of ketones is 1. The van der Waals surface area contributed by atoms with Crippen molar-refractivity contribution >= 4 is 34.7 Å². The normalized spacial score (nSPS) is 18.7. The maximum atomic E-state index is 13.5. The summed E-state index contributed by atoms with van der Waals surface area (Å²) < 4.78 is 16.6. The van der Waals surface area contributed by atoms with Crippen LogP contribution in [-0.4, -0.2) is 37.0 Å². The second-order valence-electron chi connectivity index (χ2n) is 7.74. The van der Waals surface area contributed by atoms with Crippen LogP contribution in [0.25, 0.3) is 0 Å². The molecule has 3 aromatic carbocycles. The molecule has 2 unspecified atom stereocenters. The highest BCUT2D eigenvalue weighted by Gasteiger charge is 2.44. The smallest absolute Gasteiger partial charge is 0.251 e. The van der Waals surface area contributed by atoms with Crippen LogP contribution in [0.4, 0.5) is 0 Å². The van der Waals surface area contributed by atoms with E-state index >= 15 is 0 Å². The molecule has 3 aromatic rings. The van der Waals surface area contributed by atoms with E-state index in [9.17, 15) is 4.79 Å². The Hall–Kier alpha value is -3.22. The summed E-state index contributed by atoms with van der Waals surface area (Å²) in [4.78, 5) is 13.5. The Kier molecular flexibility index (Phi) is 5.64. The molecule has 2 aliphatic rings. The summed E-state index contributed by atoms with van der Waals surface area (Å²) in [6.07, 6.45) is -0.392. The average molecular weight is 483 g/mol. The molecule has 0 saturated heterocycles. The Morgan fingerprint density at radius 1 is 1.00 bits per heavy atom. The van der Waals surface area contributed by atoms with E-state index < -0.39 is 6.23 Å². The first-order valence-corrected chi connectivity index (χ1v) is 11.1. The number of rotatable bonds is 5. The Labute approximate surface area is 201 Å². The van der Waals surface area contributed by atoms with Gasteiger partial charge in [0.2, 0.25) is 5.78 Å². The zero-order valence-corrected chi connectivity index (χ0v) is 19.4. The fourth-order valence-electron chi connectivity index (χ4n) is 4.14. The molecule has 2 atom stereocenters. The SMILES string of the molecule is COc1ccc(C(=O)C2Oc3c(Cl)cc(Cl)cc3C3CC(c4ccc(OC)cc4)=NN23)cc1.